The number of rotatable bonds is 6. The number of nitrogens with zero attached hydrogens (tertiary/aromatic N) is 2. The number of para-hydroxylation sites is 1. The third-order valence-electron chi connectivity index (χ3n) is 3.86. The van der Waals surface area contributed by atoms with E-state index in [0.717, 1.165) is 10.9 Å². The highest BCUT2D eigenvalue weighted by Crippen LogP contribution is 2.22. The lowest BCUT2D eigenvalue weighted by Crippen LogP contribution is -2.29. The third kappa shape index (κ3) is 3.51. The van der Waals surface area contributed by atoms with E-state index in [-0.39, 0.29) is 5.88 Å². The van der Waals surface area contributed by atoms with Crippen LogP contribution >= 0.6 is 0 Å². The number of carbonyl (C=O) groups excluding carboxylic acids is 2. The number of hydrogen-bond donors (Lipinski definition) is 1. The van der Waals surface area contributed by atoms with Gasteiger partial charge in [0.05, 0.1) is 11.3 Å². The van der Waals surface area contributed by atoms with Crippen LogP contribution in [0, 0.1) is 6.92 Å². The second kappa shape index (κ2) is 7.26. The largest absolute Gasteiger partial charge is 0.449 e. The summed E-state index contributed by atoms with van der Waals surface area (Å²) in [6, 6.07) is 9.08. The van der Waals surface area contributed by atoms with Crippen LogP contribution in [0.2, 0.25) is 0 Å². The average Bonchev–Trinajstić information content (AvgIpc) is 3.19. The minimum Gasteiger partial charge on any atom is -0.449 e. The molecule has 1 aromatic carbocycles. The summed E-state index contributed by atoms with van der Waals surface area (Å²) in [6.07, 6.45) is 2.46. The molecule has 0 spiro atoms. The highest BCUT2D eigenvalue weighted by atomic mass is 16.5. The predicted molar refractivity (Wildman–Crippen MR) is 96.9 cm³/mol. The number of aryl methyl sites for hydroxylation is 1. The van der Waals surface area contributed by atoms with Crippen LogP contribution < -0.4 is 5.32 Å². The van der Waals surface area contributed by atoms with Crippen molar-refractivity contribution >= 4 is 28.7 Å². The molecule has 0 saturated heterocycles. The lowest BCUT2D eigenvalue weighted by molar-refractivity contribution is -0.123. The molecule has 7 nitrogen and oxygen atoms in total. The first-order chi connectivity index (χ1) is 12.5. The number of benzene rings is 1. The molecule has 0 fully saturated rings. The zero-order valence-corrected chi connectivity index (χ0v) is 14.6. The zero-order valence-electron chi connectivity index (χ0n) is 14.6. The maximum Gasteiger partial charge on any atom is 0.341 e. The van der Waals surface area contributed by atoms with Gasteiger partial charge >= 0.3 is 5.97 Å². The topological polar surface area (TPSA) is 86.4 Å². The molecule has 7 heteroatoms. The van der Waals surface area contributed by atoms with E-state index in [4.69, 9.17) is 9.26 Å². The van der Waals surface area contributed by atoms with Crippen molar-refractivity contribution in [3.05, 3.63) is 60.4 Å². The summed E-state index contributed by atoms with van der Waals surface area (Å²) in [5.74, 6) is -0.859. The van der Waals surface area contributed by atoms with E-state index in [2.05, 4.69) is 17.1 Å². The maximum absolute atomic E-state index is 12.6. The number of fused-ring (bicyclic) bond motifs is 1. The van der Waals surface area contributed by atoms with Crippen molar-refractivity contribution in [2.24, 2.45) is 0 Å². The fourth-order valence-corrected chi connectivity index (χ4v) is 2.62. The predicted octanol–water partition coefficient (Wildman–Crippen LogP) is 3.31. The molecule has 0 unspecified atom stereocenters. The summed E-state index contributed by atoms with van der Waals surface area (Å²) >= 11 is 0. The zero-order chi connectivity index (χ0) is 18.7. The lowest BCUT2D eigenvalue weighted by Gasteiger charge is -2.11. The van der Waals surface area contributed by atoms with Crippen LogP contribution in [0.1, 0.15) is 23.0 Å². The van der Waals surface area contributed by atoms with E-state index < -0.39 is 18.0 Å². The molecule has 0 aliphatic heterocycles. The van der Waals surface area contributed by atoms with Crippen molar-refractivity contribution < 1.29 is 18.8 Å². The molecule has 1 N–H and O–H groups in total. The van der Waals surface area contributed by atoms with Gasteiger partial charge in [0.1, 0.15) is 0 Å². The van der Waals surface area contributed by atoms with Crippen LogP contribution in [0.3, 0.4) is 0 Å². The minimum atomic E-state index is -0.991. The first-order valence-electron chi connectivity index (χ1n) is 8.13. The van der Waals surface area contributed by atoms with Crippen molar-refractivity contribution in [1.82, 2.24) is 9.72 Å². The molecular formula is C19H19N3O4. The van der Waals surface area contributed by atoms with Crippen LogP contribution in [0.5, 0.6) is 0 Å². The number of anilines is 1. The Bertz CT molecular complexity index is 970. The monoisotopic (exact) mass is 353 g/mol. The molecular weight excluding hydrogens is 334 g/mol. The number of aromatic nitrogens is 2. The van der Waals surface area contributed by atoms with E-state index in [1.54, 1.807) is 25.3 Å². The molecule has 1 atom stereocenters. The first kappa shape index (κ1) is 17.5. The van der Waals surface area contributed by atoms with E-state index in [1.807, 2.05) is 28.8 Å². The van der Waals surface area contributed by atoms with Gasteiger partial charge in [-0.2, -0.15) is 0 Å². The Morgan fingerprint density at radius 2 is 2.19 bits per heavy atom. The fourth-order valence-electron chi connectivity index (χ4n) is 2.62. The van der Waals surface area contributed by atoms with Gasteiger partial charge in [-0.05, 0) is 19.9 Å². The second-order valence-corrected chi connectivity index (χ2v) is 5.87. The molecule has 3 rings (SSSR count). The molecule has 26 heavy (non-hydrogen) atoms. The third-order valence-corrected chi connectivity index (χ3v) is 3.86. The summed E-state index contributed by atoms with van der Waals surface area (Å²) < 4.78 is 12.2. The van der Waals surface area contributed by atoms with Crippen LogP contribution in [0.4, 0.5) is 5.88 Å². The van der Waals surface area contributed by atoms with Crippen molar-refractivity contribution in [2.75, 3.05) is 5.32 Å². The van der Waals surface area contributed by atoms with Gasteiger partial charge in [-0.1, -0.05) is 29.4 Å². The molecule has 2 aromatic heterocycles. The molecule has 0 radical (unpaired) electrons. The smallest absolute Gasteiger partial charge is 0.341 e. The van der Waals surface area contributed by atoms with Crippen molar-refractivity contribution in [3.8, 4) is 0 Å². The van der Waals surface area contributed by atoms with Gasteiger partial charge in [0.15, 0.2) is 6.10 Å². The van der Waals surface area contributed by atoms with Crippen LogP contribution in [-0.2, 0) is 16.1 Å². The molecule has 0 saturated carbocycles. The lowest BCUT2D eigenvalue weighted by atomic mass is 10.2. The van der Waals surface area contributed by atoms with E-state index in [1.165, 1.54) is 6.92 Å². The Morgan fingerprint density at radius 3 is 2.88 bits per heavy atom. The number of hydrogen-bond acceptors (Lipinski definition) is 5. The van der Waals surface area contributed by atoms with Crippen LogP contribution in [-0.4, -0.2) is 27.7 Å². The molecule has 0 bridgehead atoms. The van der Waals surface area contributed by atoms with Gasteiger partial charge in [0, 0.05) is 29.7 Å². The SMILES string of the molecule is C=CCn1cc(C(=O)O[C@H](C)C(=O)Nc2cc(C)no2)c2ccccc21. The Hall–Kier alpha value is -3.35. The van der Waals surface area contributed by atoms with Gasteiger partial charge in [-0.3, -0.25) is 10.1 Å². The highest BCUT2D eigenvalue weighted by Gasteiger charge is 2.23. The number of nitrogens with one attached hydrogen (secondary N) is 1. The summed E-state index contributed by atoms with van der Waals surface area (Å²) in [4.78, 5) is 24.7. The normalized spacial score (nSPS) is 11.9. The van der Waals surface area contributed by atoms with E-state index in [0.29, 0.717) is 17.8 Å². The number of ether oxygens (including phenoxy) is 1. The summed E-state index contributed by atoms with van der Waals surface area (Å²) in [5, 5.41) is 6.96. The highest BCUT2D eigenvalue weighted by molar-refractivity contribution is 6.05. The number of esters is 1. The van der Waals surface area contributed by atoms with Crippen LogP contribution in [0.15, 0.2) is 53.7 Å². The summed E-state index contributed by atoms with van der Waals surface area (Å²) in [5.41, 5.74) is 1.94. The summed E-state index contributed by atoms with van der Waals surface area (Å²) in [6.45, 7) is 7.53. The van der Waals surface area contributed by atoms with Crippen molar-refractivity contribution in [1.29, 1.82) is 0 Å². The average molecular weight is 353 g/mol. The molecule has 0 aliphatic rings. The first-order valence-corrected chi connectivity index (χ1v) is 8.13. The number of allylic oxidation sites excluding steroid dienone is 1. The van der Waals surface area contributed by atoms with Gasteiger partial charge in [0.25, 0.3) is 5.91 Å². The minimum absolute atomic E-state index is 0.206. The Kier molecular flexibility index (Phi) is 4.88. The fraction of sp³-hybridized carbons (Fsp3) is 0.211. The van der Waals surface area contributed by atoms with Crippen LogP contribution in [0.25, 0.3) is 10.9 Å². The van der Waals surface area contributed by atoms with Gasteiger partial charge in [0.2, 0.25) is 5.88 Å². The quantitative estimate of drug-likeness (QED) is 0.543. The van der Waals surface area contributed by atoms with Gasteiger partial charge in [-0.15, -0.1) is 6.58 Å². The Balaban J connectivity index is 1.76. The van der Waals surface area contributed by atoms with E-state index >= 15 is 0 Å². The number of amides is 1. The molecule has 134 valence electrons. The molecule has 1 amide bonds. The van der Waals surface area contributed by atoms with Crippen molar-refractivity contribution in [2.45, 2.75) is 26.5 Å². The Labute approximate surface area is 150 Å². The van der Waals surface area contributed by atoms with Gasteiger partial charge < -0.3 is 13.8 Å². The molecule has 3 aromatic rings. The maximum atomic E-state index is 12.6. The standard InChI is InChI=1S/C19H19N3O4/c1-4-9-22-11-15(14-7-5-6-8-16(14)22)19(24)25-13(3)18(23)20-17-10-12(2)21-26-17/h4-8,10-11,13H,1,9H2,2-3H3,(H,20,23)/t13-/m1/s1. The summed E-state index contributed by atoms with van der Waals surface area (Å²) in [7, 11) is 0. The number of carbonyl (C=O) groups is 2. The Morgan fingerprint density at radius 1 is 1.42 bits per heavy atom. The molecule has 2 heterocycles. The van der Waals surface area contributed by atoms with E-state index in [9.17, 15) is 9.59 Å². The molecule has 0 aliphatic carbocycles. The second-order valence-electron chi connectivity index (χ2n) is 5.87. The van der Waals surface area contributed by atoms with Crippen molar-refractivity contribution in [3.63, 3.8) is 0 Å². The van der Waals surface area contributed by atoms with Gasteiger partial charge in [-0.25, -0.2) is 4.79 Å².